The smallest absolute Gasteiger partial charge is 0.0940 e. The van der Waals surface area contributed by atoms with Crippen molar-refractivity contribution in [2.24, 2.45) is 0 Å². The first-order chi connectivity index (χ1) is 6.66. The third kappa shape index (κ3) is 2.25. The summed E-state index contributed by atoms with van der Waals surface area (Å²) < 4.78 is 6.51. The van der Waals surface area contributed by atoms with Gasteiger partial charge in [0.05, 0.1) is 21.9 Å². The van der Waals surface area contributed by atoms with Gasteiger partial charge in [0.25, 0.3) is 0 Å². The lowest BCUT2D eigenvalue weighted by Gasteiger charge is -2.15. The van der Waals surface area contributed by atoms with E-state index in [1.165, 1.54) is 11.3 Å². The van der Waals surface area contributed by atoms with Gasteiger partial charge in [0.2, 0.25) is 0 Å². The summed E-state index contributed by atoms with van der Waals surface area (Å²) in [6.07, 6.45) is 2.65. The van der Waals surface area contributed by atoms with Crippen LogP contribution in [0, 0.1) is 0 Å². The molecule has 14 heavy (non-hydrogen) atoms. The fourth-order valence-corrected chi connectivity index (χ4v) is 3.19. The normalized spacial score (nSPS) is 29.4. The third-order valence-electron chi connectivity index (χ3n) is 2.46. The second-order valence-corrected chi connectivity index (χ2v) is 5.82. The minimum Gasteiger partial charge on any atom is -0.373 e. The quantitative estimate of drug-likeness (QED) is 0.714. The number of rotatable bonds is 2. The lowest BCUT2D eigenvalue weighted by Crippen LogP contribution is -2.13. The van der Waals surface area contributed by atoms with Crippen molar-refractivity contribution < 1.29 is 4.74 Å². The molecule has 4 heteroatoms. The predicted molar refractivity (Wildman–Crippen MR) is 61.5 cm³/mol. The SMILES string of the molecule is CC1CCC(C(Cl)c2ccc(Cl)s2)O1. The average molecular weight is 251 g/mol. The number of ether oxygens (including phenoxy) is 1. The minimum absolute atomic E-state index is 0.0440. The second-order valence-electron chi connectivity index (χ2n) is 3.61. The van der Waals surface area contributed by atoms with Crippen LogP contribution in [-0.4, -0.2) is 12.2 Å². The fraction of sp³-hybridized carbons (Fsp3) is 0.600. The molecule has 1 fully saturated rings. The Balaban J connectivity index is 2.05. The lowest BCUT2D eigenvalue weighted by molar-refractivity contribution is 0.0538. The van der Waals surface area contributed by atoms with Crippen LogP contribution in [0.15, 0.2) is 12.1 Å². The Labute approximate surface area is 98.0 Å². The predicted octanol–water partition coefficient (Wildman–Crippen LogP) is 4.25. The highest BCUT2D eigenvalue weighted by Gasteiger charge is 2.30. The molecule has 0 amide bonds. The minimum atomic E-state index is -0.0440. The average Bonchev–Trinajstić information content (AvgIpc) is 2.73. The van der Waals surface area contributed by atoms with Crippen LogP contribution in [0.1, 0.15) is 30.0 Å². The van der Waals surface area contributed by atoms with Crippen LogP contribution < -0.4 is 0 Å². The van der Waals surface area contributed by atoms with Crippen LogP contribution in [0.2, 0.25) is 4.34 Å². The Morgan fingerprint density at radius 1 is 1.50 bits per heavy atom. The molecule has 1 aromatic heterocycles. The summed E-state index contributed by atoms with van der Waals surface area (Å²) in [5.74, 6) is 0. The van der Waals surface area contributed by atoms with Crippen molar-refractivity contribution in [3.05, 3.63) is 21.3 Å². The molecule has 1 aliphatic rings. The molecular weight excluding hydrogens is 239 g/mol. The lowest BCUT2D eigenvalue weighted by atomic mass is 10.1. The Morgan fingerprint density at radius 2 is 2.29 bits per heavy atom. The van der Waals surface area contributed by atoms with Gasteiger partial charge in [-0.05, 0) is 31.9 Å². The fourth-order valence-electron chi connectivity index (χ4n) is 1.71. The monoisotopic (exact) mass is 250 g/mol. The van der Waals surface area contributed by atoms with Gasteiger partial charge < -0.3 is 4.74 Å². The molecule has 3 unspecified atom stereocenters. The van der Waals surface area contributed by atoms with E-state index in [1.807, 2.05) is 12.1 Å². The van der Waals surface area contributed by atoms with Crippen molar-refractivity contribution >= 4 is 34.5 Å². The largest absolute Gasteiger partial charge is 0.373 e. The van der Waals surface area contributed by atoms with E-state index >= 15 is 0 Å². The standard InChI is InChI=1S/C10H12Cl2OS/c1-6-2-3-7(13-6)10(12)8-4-5-9(11)14-8/h4-7,10H,2-3H2,1H3. The van der Waals surface area contributed by atoms with E-state index in [1.54, 1.807) is 0 Å². The van der Waals surface area contributed by atoms with Crippen molar-refractivity contribution in [3.63, 3.8) is 0 Å². The Kier molecular flexibility index (Phi) is 3.38. The van der Waals surface area contributed by atoms with Gasteiger partial charge in [-0.1, -0.05) is 11.6 Å². The summed E-state index contributed by atoms with van der Waals surface area (Å²) >= 11 is 13.7. The summed E-state index contributed by atoms with van der Waals surface area (Å²) in [4.78, 5) is 1.11. The zero-order valence-electron chi connectivity index (χ0n) is 7.87. The van der Waals surface area contributed by atoms with Crippen LogP contribution in [0.3, 0.4) is 0 Å². The topological polar surface area (TPSA) is 9.23 Å². The van der Waals surface area contributed by atoms with Crippen LogP contribution in [0.5, 0.6) is 0 Å². The Hall–Kier alpha value is 0.240. The first kappa shape index (κ1) is 10.7. The van der Waals surface area contributed by atoms with Crippen LogP contribution in [0.25, 0.3) is 0 Å². The molecule has 0 aliphatic carbocycles. The van der Waals surface area contributed by atoms with E-state index in [0.717, 1.165) is 22.1 Å². The van der Waals surface area contributed by atoms with Crippen LogP contribution >= 0.6 is 34.5 Å². The molecule has 0 spiro atoms. The van der Waals surface area contributed by atoms with Crippen molar-refractivity contribution in [1.29, 1.82) is 0 Å². The van der Waals surface area contributed by atoms with Crippen molar-refractivity contribution in [1.82, 2.24) is 0 Å². The molecule has 2 heterocycles. The van der Waals surface area contributed by atoms with Gasteiger partial charge in [-0.3, -0.25) is 0 Å². The Bertz CT molecular complexity index is 313. The number of thiophene rings is 1. The van der Waals surface area contributed by atoms with Crippen molar-refractivity contribution in [2.45, 2.75) is 37.4 Å². The highest BCUT2D eigenvalue weighted by Crippen LogP contribution is 2.38. The van der Waals surface area contributed by atoms with Gasteiger partial charge in [0, 0.05) is 4.88 Å². The van der Waals surface area contributed by atoms with Gasteiger partial charge in [-0.25, -0.2) is 0 Å². The van der Waals surface area contributed by atoms with Gasteiger partial charge in [-0.2, -0.15) is 0 Å². The zero-order chi connectivity index (χ0) is 10.1. The first-order valence-electron chi connectivity index (χ1n) is 4.71. The summed E-state index contributed by atoms with van der Waals surface area (Å²) in [6, 6.07) is 3.87. The summed E-state index contributed by atoms with van der Waals surface area (Å²) in [5, 5.41) is -0.0440. The molecule has 0 radical (unpaired) electrons. The van der Waals surface area contributed by atoms with Crippen LogP contribution in [0.4, 0.5) is 0 Å². The maximum atomic E-state index is 6.32. The third-order valence-corrected chi connectivity index (χ3v) is 4.42. The molecule has 2 rings (SSSR count). The van der Waals surface area contributed by atoms with E-state index in [-0.39, 0.29) is 11.5 Å². The van der Waals surface area contributed by atoms with E-state index in [0.29, 0.717) is 6.10 Å². The molecule has 0 bridgehead atoms. The highest BCUT2D eigenvalue weighted by molar-refractivity contribution is 7.16. The van der Waals surface area contributed by atoms with Crippen LogP contribution in [-0.2, 0) is 4.74 Å². The van der Waals surface area contributed by atoms with Gasteiger partial charge in [0.15, 0.2) is 0 Å². The molecule has 3 atom stereocenters. The van der Waals surface area contributed by atoms with Gasteiger partial charge in [-0.15, -0.1) is 22.9 Å². The van der Waals surface area contributed by atoms with E-state index in [2.05, 4.69) is 6.92 Å². The molecule has 1 aromatic rings. The molecule has 1 aliphatic heterocycles. The molecule has 1 saturated heterocycles. The molecule has 0 N–H and O–H groups in total. The van der Waals surface area contributed by atoms with Gasteiger partial charge in [0.1, 0.15) is 0 Å². The van der Waals surface area contributed by atoms with E-state index in [9.17, 15) is 0 Å². The number of hydrogen-bond acceptors (Lipinski definition) is 2. The molecule has 0 saturated carbocycles. The summed E-state index contributed by atoms with van der Waals surface area (Å²) in [7, 11) is 0. The number of halogens is 2. The van der Waals surface area contributed by atoms with E-state index in [4.69, 9.17) is 27.9 Å². The summed E-state index contributed by atoms with van der Waals surface area (Å²) in [6.45, 7) is 2.09. The molecule has 1 nitrogen and oxygen atoms in total. The maximum absolute atomic E-state index is 6.32. The van der Waals surface area contributed by atoms with Crippen molar-refractivity contribution in [2.75, 3.05) is 0 Å². The Morgan fingerprint density at radius 3 is 2.79 bits per heavy atom. The number of hydrogen-bond donors (Lipinski definition) is 0. The highest BCUT2D eigenvalue weighted by atomic mass is 35.5. The summed E-state index contributed by atoms with van der Waals surface area (Å²) in [5.41, 5.74) is 0. The molecule has 0 aromatic carbocycles. The second kappa shape index (κ2) is 4.40. The first-order valence-corrected chi connectivity index (χ1v) is 6.34. The number of alkyl halides is 1. The zero-order valence-corrected chi connectivity index (χ0v) is 10.2. The van der Waals surface area contributed by atoms with Gasteiger partial charge >= 0.3 is 0 Å². The van der Waals surface area contributed by atoms with E-state index < -0.39 is 0 Å². The molecular formula is C10H12Cl2OS. The maximum Gasteiger partial charge on any atom is 0.0940 e. The molecule has 78 valence electrons. The van der Waals surface area contributed by atoms with Crippen molar-refractivity contribution in [3.8, 4) is 0 Å².